The van der Waals surface area contributed by atoms with Gasteiger partial charge in [0.2, 0.25) is 11.7 Å². The topological polar surface area (TPSA) is 69.1 Å². The minimum atomic E-state index is 0.212. The van der Waals surface area contributed by atoms with E-state index in [0.717, 1.165) is 22.5 Å². The van der Waals surface area contributed by atoms with Crippen LogP contribution in [-0.2, 0) is 0 Å². The summed E-state index contributed by atoms with van der Waals surface area (Å²) in [6, 6.07) is 11.7. The average Bonchev–Trinajstić information content (AvgIpc) is 3.22. The summed E-state index contributed by atoms with van der Waals surface area (Å²) in [5.41, 5.74) is 3.57. The third-order valence-corrected chi connectivity index (χ3v) is 3.59. The summed E-state index contributed by atoms with van der Waals surface area (Å²) in [4.78, 5) is 9.03. The second-order valence-corrected chi connectivity index (χ2v) is 5.64. The van der Waals surface area contributed by atoms with E-state index >= 15 is 0 Å². The number of fused-ring (bicyclic) bond motifs is 1. The third kappa shape index (κ3) is 2.48. The highest BCUT2D eigenvalue weighted by Gasteiger charge is 2.13. The lowest BCUT2D eigenvalue weighted by atomic mass is 10.1. The van der Waals surface area contributed by atoms with Crippen molar-refractivity contribution in [2.45, 2.75) is 19.8 Å². The maximum Gasteiger partial charge on any atom is 0.229 e. The van der Waals surface area contributed by atoms with Gasteiger partial charge in [-0.05, 0) is 18.2 Å². The van der Waals surface area contributed by atoms with Gasteiger partial charge in [-0.3, -0.25) is 0 Å². The molecule has 0 spiro atoms. The van der Waals surface area contributed by atoms with Gasteiger partial charge in [0.25, 0.3) is 0 Å². The number of aromatic nitrogens is 5. The normalized spacial score (nSPS) is 11.4. The van der Waals surface area contributed by atoms with E-state index < -0.39 is 0 Å². The molecule has 6 nitrogen and oxygen atoms in total. The van der Waals surface area contributed by atoms with E-state index in [-0.39, 0.29) is 5.92 Å². The molecule has 0 atom stereocenters. The summed E-state index contributed by atoms with van der Waals surface area (Å²) in [6.45, 7) is 4.05. The van der Waals surface area contributed by atoms with Crippen LogP contribution >= 0.6 is 0 Å². The lowest BCUT2D eigenvalue weighted by Crippen LogP contribution is -1.87. The predicted octanol–water partition coefficient (Wildman–Crippen LogP) is 3.57. The lowest BCUT2D eigenvalue weighted by Gasteiger charge is -1.99. The van der Waals surface area contributed by atoms with Gasteiger partial charge in [0.1, 0.15) is 0 Å². The molecular formula is C17H15N5O. The quantitative estimate of drug-likeness (QED) is 0.578. The van der Waals surface area contributed by atoms with Gasteiger partial charge < -0.3 is 4.52 Å². The highest BCUT2D eigenvalue weighted by Crippen LogP contribution is 2.25. The summed E-state index contributed by atoms with van der Waals surface area (Å²) in [5, 5.41) is 8.31. The Hall–Kier alpha value is -3.02. The molecule has 4 aromatic rings. The lowest BCUT2D eigenvalue weighted by molar-refractivity contribution is 0.365. The predicted molar refractivity (Wildman–Crippen MR) is 85.8 cm³/mol. The zero-order valence-corrected chi connectivity index (χ0v) is 12.8. The maximum atomic E-state index is 5.28. The molecule has 0 aliphatic rings. The maximum absolute atomic E-state index is 5.28. The summed E-state index contributed by atoms with van der Waals surface area (Å²) >= 11 is 0. The van der Waals surface area contributed by atoms with E-state index in [0.29, 0.717) is 11.7 Å². The van der Waals surface area contributed by atoms with Crippen LogP contribution in [0.15, 0.2) is 53.3 Å². The smallest absolute Gasteiger partial charge is 0.229 e. The molecule has 0 aliphatic heterocycles. The summed E-state index contributed by atoms with van der Waals surface area (Å²) < 4.78 is 7.04. The van der Waals surface area contributed by atoms with Crippen LogP contribution in [-0.4, -0.2) is 24.7 Å². The molecule has 3 heterocycles. The van der Waals surface area contributed by atoms with Gasteiger partial charge >= 0.3 is 0 Å². The molecule has 3 aromatic heterocycles. The molecule has 0 N–H and O–H groups in total. The highest BCUT2D eigenvalue weighted by atomic mass is 16.5. The van der Waals surface area contributed by atoms with Gasteiger partial charge in [-0.15, -0.1) is 0 Å². The first-order valence-corrected chi connectivity index (χ1v) is 7.45. The highest BCUT2D eigenvalue weighted by molar-refractivity contribution is 5.69. The van der Waals surface area contributed by atoms with Gasteiger partial charge in [0.05, 0.1) is 11.9 Å². The Balaban J connectivity index is 1.75. The van der Waals surface area contributed by atoms with Gasteiger partial charge in [0.15, 0.2) is 5.65 Å². The van der Waals surface area contributed by atoms with Crippen molar-refractivity contribution in [3.8, 4) is 22.6 Å². The van der Waals surface area contributed by atoms with Crippen molar-refractivity contribution in [2.24, 2.45) is 0 Å². The zero-order chi connectivity index (χ0) is 15.8. The molecule has 4 rings (SSSR count). The Kier molecular flexibility index (Phi) is 3.15. The number of benzene rings is 1. The molecule has 23 heavy (non-hydrogen) atoms. The van der Waals surface area contributed by atoms with Crippen molar-refractivity contribution in [3.63, 3.8) is 0 Å². The Bertz CT molecular complexity index is 937. The van der Waals surface area contributed by atoms with Gasteiger partial charge in [-0.25, -0.2) is 9.50 Å². The van der Waals surface area contributed by atoms with E-state index in [4.69, 9.17) is 4.52 Å². The number of nitrogens with zero attached hydrogens (tertiary/aromatic N) is 5. The van der Waals surface area contributed by atoms with E-state index in [1.165, 1.54) is 0 Å². The van der Waals surface area contributed by atoms with Crippen molar-refractivity contribution in [1.82, 2.24) is 24.7 Å². The standard InChI is InChI=1S/C17H15N5O/c1-11(2)17-20-16(21-23-17)13-6-3-5-12(9-13)14-10-22-15(19-14)7-4-8-18-22/h3-11H,1-2H3. The summed E-state index contributed by atoms with van der Waals surface area (Å²) in [7, 11) is 0. The van der Waals surface area contributed by atoms with Gasteiger partial charge in [0, 0.05) is 23.2 Å². The number of hydrogen-bond acceptors (Lipinski definition) is 5. The fourth-order valence-electron chi connectivity index (χ4n) is 2.37. The monoisotopic (exact) mass is 305 g/mol. The van der Waals surface area contributed by atoms with E-state index in [9.17, 15) is 0 Å². The molecule has 0 saturated heterocycles. The van der Waals surface area contributed by atoms with Crippen LogP contribution in [0.25, 0.3) is 28.3 Å². The molecule has 0 fully saturated rings. The fraction of sp³-hybridized carbons (Fsp3) is 0.176. The minimum absolute atomic E-state index is 0.212. The van der Waals surface area contributed by atoms with Crippen LogP contribution in [0.5, 0.6) is 0 Å². The van der Waals surface area contributed by atoms with Crippen LogP contribution < -0.4 is 0 Å². The number of hydrogen-bond donors (Lipinski definition) is 0. The molecule has 0 aliphatic carbocycles. The zero-order valence-electron chi connectivity index (χ0n) is 12.8. The molecule has 6 heteroatoms. The number of rotatable bonds is 3. The summed E-state index contributed by atoms with van der Waals surface area (Å²) in [5.74, 6) is 1.45. The second kappa shape index (κ2) is 5.31. The van der Waals surface area contributed by atoms with E-state index in [1.54, 1.807) is 10.7 Å². The van der Waals surface area contributed by atoms with Crippen LogP contribution in [0.3, 0.4) is 0 Å². The first kappa shape index (κ1) is 13.6. The molecule has 1 aromatic carbocycles. The SMILES string of the molecule is CC(C)c1nc(-c2cccc(-c3cn4ncccc4n3)c2)no1. The van der Waals surface area contributed by atoms with Gasteiger partial charge in [-0.2, -0.15) is 10.1 Å². The third-order valence-electron chi connectivity index (χ3n) is 3.59. The Morgan fingerprint density at radius 3 is 2.70 bits per heavy atom. The first-order valence-electron chi connectivity index (χ1n) is 7.45. The average molecular weight is 305 g/mol. The van der Waals surface area contributed by atoms with Crippen molar-refractivity contribution >= 4 is 5.65 Å². The minimum Gasteiger partial charge on any atom is -0.339 e. The Morgan fingerprint density at radius 2 is 1.91 bits per heavy atom. The molecule has 0 unspecified atom stereocenters. The van der Waals surface area contributed by atoms with E-state index in [2.05, 4.69) is 20.2 Å². The summed E-state index contributed by atoms with van der Waals surface area (Å²) in [6.07, 6.45) is 3.64. The fourth-order valence-corrected chi connectivity index (χ4v) is 2.37. The van der Waals surface area contributed by atoms with Crippen molar-refractivity contribution in [1.29, 1.82) is 0 Å². The molecule has 0 amide bonds. The molecule has 114 valence electrons. The largest absolute Gasteiger partial charge is 0.339 e. The molecular weight excluding hydrogens is 290 g/mol. The molecule has 0 radical (unpaired) electrons. The van der Waals surface area contributed by atoms with Crippen LogP contribution in [0, 0.1) is 0 Å². The number of imidazole rings is 1. The Morgan fingerprint density at radius 1 is 1.04 bits per heavy atom. The van der Waals surface area contributed by atoms with E-state index in [1.807, 2.05) is 56.4 Å². The molecule has 0 saturated carbocycles. The molecule has 0 bridgehead atoms. The Labute approximate surface area is 132 Å². The van der Waals surface area contributed by atoms with Crippen LogP contribution in [0.2, 0.25) is 0 Å². The first-order chi connectivity index (χ1) is 11.2. The van der Waals surface area contributed by atoms with Crippen molar-refractivity contribution in [3.05, 3.63) is 54.7 Å². The van der Waals surface area contributed by atoms with Crippen molar-refractivity contribution < 1.29 is 4.52 Å². The van der Waals surface area contributed by atoms with Crippen LogP contribution in [0.1, 0.15) is 25.7 Å². The van der Waals surface area contributed by atoms with Crippen LogP contribution in [0.4, 0.5) is 0 Å². The second-order valence-electron chi connectivity index (χ2n) is 5.64. The van der Waals surface area contributed by atoms with Gasteiger partial charge in [-0.1, -0.05) is 37.2 Å². The van der Waals surface area contributed by atoms with Crippen molar-refractivity contribution in [2.75, 3.05) is 0 Å².